The topological polar surface area (TPSA) is 44.9 Å². The average Bonchev–Trinajstić information content (AvgIpc) is 3.17. The molecule has 0 aliphatic carbocycles. The molecule has 0 unspecified atom stereocenters. The highest BCUT2D eigenvalue weighted by Gasteiger charge is 2.26. The summed E-state index contributed by atoms with van der Waals surface area (Å²) >= 11 is 3.48. The monoisotopic (exact) mass is 476 g/mol. The van der Waals surface area contributed by atoms with Gasteiger partial charge in [-0.2, -0.15) is 0 Å². The molecule has 1 amide bonds. The fourth-order valence-electron chi connectivity index (χ4n) is 3.64. The molecular weight excluding hydrogens is 455 g/mol. The highest BCUT2D eigenvalue weighted by molar-refractivity contribution is 9.10. The Morgan fingerprint density at radius 2 is 1.52 bits per heavy atom. The number of para-hydroxylation sites is 1. The van der Waals surface area contributed by atoms with Crippen LogP contribution in [0.15, 0.2) is 83.3 Å². The third-order valence-corrected chi connectivity index (χ3v) is 5.66. The molecule has 4 rings (SSSR count). The summed E-state index contributed by atoms with van der Waals surface area (Å²) in [6.45, 7) is 4.09. The maximum Gasteiger partial charge on any atom is 0.258 e. The number of halogens is 2. The minimum Gasteiger partial charge on any atom is -0.357 e. The summed E-state index contributed by atoms with van der Waals surface area (Å²) in [6, 6.07) is 23.6. The lowest BCUT2D eigenvalue weighted by Gasteiger charge is -2.12. The molecule has 31 heavy (non-hydrogen) atoms. The first-order chi connectivity index (χ1) is 14.9. The lowest BCUT2D eigenvalue weighted by Crippen LogP contribution is -2.14. The second-order valence-electron chi connectivity index (χ2n) is 7.65. The second kappa shape index (κ2) is 8.90. The van der Waals surface area contributed by atoms with E-state index in [0.717, 1.165) is 38.2 Å². The summed E-state index contributed by atoms with van der Waals surface area (Å²) in [4.78, 5) is 17.0. The zero-order valence-corrected chi connectivity index (χ0v) is 18.8. The van der Waals surface area contributed by atoms with Crippen LogP contribution < -0.4 is 5.32 Å². The summed E-state index contributed by atoms with van der Waals surface area (Å²) in [5.74, 6) is -0.399. The van der Waals surface area contributed by atoms with E-state index in [4.69, 9.17) is 0 Å². The lowest BCUT2D eigenvalue weighted by atomic mass is 9.94. The van der Waals surface area contributed by atoms with Crippen molar-refractivity contribution < 1.29 is 9.18 Å². The van der Waals surface area contributed by atoms with E-state index in [-0.39, 0.29) is 17.6 Å². The highest BCUT2D eigenvalue weighted by Crippen LogP contribution is 2.40. The van der Waals surface area contributed by atoms with Crippen molar-refractivity contribution in [3.05, 3.63) is 100 Å². The molecule has 0 saturated heterocycles. The maximum atomic E-state index is 13.6. The number of nitrogens with one attached hydrogen (secondary N) is 2. The molecule has 0 fully saturated rings. The molecule has 0 radical (unpaired) electrons. The first kappa shape index (κ1) is 21.1. The predicted octanol–water partition coefficient (Wildman–Crippen LogP) is 7.63. The number of aromatic nitrogens is 1. The number of H-pyrrole nitrogens is 1. The average molecular weight is 477 g/mol. The van der Waals surface area contributed by atoms with Crippen LogP contribution in [0.2, 0.25) is 0 Å². The van der Waals surface area contributed by atoms with Crippen LogP contribution in [0.25, 0.3) is 22.4 Å². The number of rotatable bonds is 5. The largest absolute Gasteiger partial charge is 0.357 e. The quantitative estimate of drug-likeness (QED) is 0.305. The number of hydrogen-bond acceptors (Lipinski definition) is 1. The molecule has 4 aromatic rings. The normalized spacial score (nSPS) is 11.0. The van der Waals surface area contributed by atoms with E-state index in [2.05, 4.69) is 26.2 Å². The Kier molecular flexibility index (Phi) is 6.05. The van der Waals surface area contributed by atoms with Gasteiger partial charge in [-0.05, 0) is 65.6 Å². The second-order valence-corrected chi connectivity index (χ2v) is 8.57. The Balaban J connectivity index is 1.93. The molecule has 0 saturated carbocycles. The van der Waals surface area contributed by atoms with E-state index in [1.807, 2.05) is 68.4 Å². The standard InChI is InChI=1S/C26H22BrFN2O/c1-16(2)24-23(26(31)29-21-6-4-3-5-7-21)22(17-8-12-19(27)13-9-17)25(30-24)18-10-14-20(28)15-11-18/h3-16,30H,1-2H3,(H,29,31). The van der Waals surface area contributed by atoms with E-state index in [9.17, 15) is 9.18 Å². The highest BCUT2D eigenvalue weighted by atomic mass is 79.9. The van der Waals surface area contributed by atoms with Crippen LogP contribution in [0.5, 0.6) is 0 Å². The van der Waals surface area contributed by atoms with Gasteiger partial charge in [0.15, 0.2) is 0 Å². The Hall–Kier alpha value is -3.18. The zero-order valence-electron chi connectivity index (χ0n) is 17.2. The number of carbonyl (C=O) groups excluding carboxylic acids is 1. The van der Waals surface area contributed by atoms with Crippen LogP contribution in [-0.4, -0.2) is 10.9 Å². The maximum absolute atomic E-state index is 13.6. The van der Waals surface area contributed by atoms with E-state index in [1.165, 1.54) is 12.1 Å². The predicted molar refractivity (Wildman–Crippen MR) is 128 cm³/mol. The Bertz CT molecular complexity index is 1200. The van der Waals surface area contributed by atoms with Crippen molar-refractivity contribution >= 4 is 27.5 Å². The summed E-state index contributed by atoms with van der Waals surface area (Å²) in [5, 5.41) is 3.02. The van der Waals surface area contributed by atoms with E-state index >= 15 is 0 Å². The molecule has 3 nitrogen and oxygen atoms in total. The number of hydrogen-bond donors (Lipinski definition) is 2. The van der Waals surface area contributed by atoms with Gasteiger partial charge >= 0.3 is 0 Å². The number of amides is 1. The molecule has 0 aliphatic rings. The van der Waals surface area contributed by atoms with Gasteiger partial charge in [-0.15, -0.1) is 0 Å². The van der Waals surface area contributed by atoms with Crippen molar-refractivity contribution in [1.29, 1.82) is 0 Å². The molecule has 3 aromatic carbocycles. The van der Waals surface area contributed by atoms with Gasteiger partial charge in [0.2, 0.25) is 0 Å². The van der Waals surface area contributed by atoms with Gasteiger partial charge in [-0.3, -0.25) is 4.79 Å². The van der Waals surface area contributed by atoms with Gasteiger partial charge < -0.3 is 10.3 Å². The third kappa shape index (κ3) is 4.47. The van der Waals surface area contributed by atoms with Crippen LogP contribution >= 0.6 is 15.9 Å². The van der Waals surface area contributed by atoms with Crippen molar-refractivity contribution in [3.8, 4) is 22.4 Å². The smallest absolute Gasteiger partial charge is 0.258 e. The van der Waals surface area contributed by atoms with Gasteiger partial charge in [0.05, 0.1) is 11.3 Å². The summed E-state index contributed by atoms with van der Waals surface area (Å²) in [6.07, 6.45) is 0. The Labute approximate surface area is 189 Å². The van der Waals surface area contributed by atoms with Crippen LogP contribution in [0, 0.1) is 5.82 Å². The molecule has 0 spiro atoms. The van der Waals surface area contributed by atoms with E-state index < -0.39 is 0 Å². The van der Waals surface area contributed by atoms with Gasteiger partial charge in [-0.1, -0.05) is 60.1 Å². The molecule has 1 heterocycles. The fraction of sp³-hybridized carbons (Fsp3) is 0.115. The zero-order chi connectivity index (χ0) is 22.0. The molecule has 0 bridgehead atoms. The van der Waals surface area contributed by atoms with Crippen molar-refractivity contribution in [2.24, 2.45) is 0 Å². The first-order valence-electron chi connectivity index (χ1n) is 10.1. The fourth-order valence-corrected chi connectivity index (χ4v) is 3.91. The number of carbonyl (C=O) groups is 1. The van der Waals surface area contributed by atoms with Crippen LogP contribution in [0.3, 0.4) is 0 Å². The van der Waals surface area contributed by atoms with Crippen molar-refractivity contribution in [2.45, 2.75) is 19.8 Å². The van der Waals surface area contributed by atoms with Crippen molar-refractivity contribution in [3.63, 3.8) is 0 Å². The number of anilines is 1. The number of aromatic amines is 1. The Morgan fingerprint density at radius 3 is 2.13 bits per heavy atom. The van der Waals surface area contributed by atoms with Gasteiger partial charge in [0.25, 0.3) is 5.91 Å². The lowest BCUT2D eigenvalue weighted by molar-refractivity contribution is 0.102. The molecule has 5 heteroatoms. The van der Waals surface area contributed by atoms with Crippen LogP contribution in [0.4, 0.5) is 10.1 Å². The molecule has 1 aromatic heterocycles. The van der Waals surface area contributed by atoms with Gasteiger partial charge in [0, 0.05) is 21.4 Å². The van der Waals surface area contributed by atoms with Gasteiger partial charge in [-0.25, -0.2) is 4.39 Å². The first-order valence-corrected chi connectivity index (χ1v) is 10.9. The summed E-state index contributed by atoms with van der Waals surface area (Å²) in [5.41, 5.74) is 5.49. The minimum absolute atomic E-state index is 0.0833. The van der Waals surface area contributed by atoms with Crippen molar-refractivity contribution in [2.75, 3.05) is 5.32 Å². The van der Waals surface area contributed by atoms with Gasteiger partial charge in [0.1, 0.15) is 5.82 Å². The molecule has 156 valence electrons. The SMILES string of the molecule is CC(C)c1[nH]c(-c2ccc(F)cc2)c(-c2ccc(Br)cc2)c1C(=O)Nc1ccccc1. The summed E-state index contributed by atoms with van der Waals surface area (Å²) in [7, 11) is 0. The van der Waals surface area contributed by atoms with Crippen LogP contribution in [-0.2, 0) is 0 Å². The number of benzene rings is 3. The Morgan fingerprint density at radius 1 is 0.903 bits per heavy atom. The van der Waals surface area contributed by atoms with Crippen LogP contribution in [0.1, 0.15) is 35.8 Å². The van der Waals surface area contributed by atoms with Crippen molar-refractivity contribution in [1.82, 2.24) is 4.98 Å². The molecule has 0 aliphatic heterocycles. The van der Waals surface area contributed by atoms with E-state index in [0.29, 0.717) is 5.56 Å². The van der Waals surface area contributed by atoms with E-state index in [1.54, 1.807) is 12.1 Å². The minimum atomic E-state index is -0.299. The third-order valence-electron chi connectivity index (χ3n) is 5.13. The molecule has 2 N–H and O–H groups in total. The summed E-state index contributed by atoms with van der Waals surface area (Å²) < 4.78 is 14.5. The molecule has 0 atom stereocenters. The molecular formula is C26H22BrFN2O.